The van der Waals surface area contributed by atoms with Crippen molar-refractivity contribution >= 4 is 23.3 Å². The summed E-state index contributed by atoms with van der Waals surface area (Å²) >= 11 is 0. The molecule has 2 aliphatic heterocycles. The SMILES string of the molecule is CC(=O)c1ccc(N2C(=O)CC(N3CCC(C)CC3)C2=O)cc1. The molecule has 2 fully saturated rings. The van der Waals surface area contributed by atoms with Gasteiger partial charge in [-0.25, -0.2) is 4.90 Å². The fourth-order valence-corrected chi connectivity index (χ4v) is 3.36. The van der Waals surface area contributed by atoms with Gasteiger partial charge in [-0.05, 0) is 63.0 Å². The average molecular weight is 314 g/mol. The van der Waals surface area contributed by atoms with Crippen molar-refractivity contribution in [2.45, 2.75) is 39.2 Å². The van der Waals surface area contributed by atoms with Gasteiger partial charge in [0.25, 0.3) is 5.91 Å². The van der Waals surface area contributed by atoms with Crippen molar-refractivity contribution < 1.29 is 14.4 Å². The van der Waals surface area contributed by atoms with Crippen LogP contribution in [0.2, 0.25) is 0 Å². The van der Waals surface area contributed by atoms with Crippen LogP contribution in [0.4, 0.5) is 5.69 Å². The predicted octanol–water partition coefficient (Wildman–Crippen LogP) is 2.25. The van der Waals surface area contributed by atoms with Gasteiger partial charge in [-0.15, -0.1) is 0 Å². The highest BCUT2D eigenvalue weighted by atomic mass is 16.2. The van der Waals surface area contributed by atoms with Crippen molar-refractivity contribution in [3.8, 4) is 0 Å². The number of hydrogen-bond donors (Lipinski definition) is 0. The maximum atomic E-state index is 12.7. The molecule has 2 heterocycles. The number of Topliss-reactive ketones (excluding diaryl/α,β-unsaturated/α-hetero) is 1. The summed E-state index contributed by atoms with van der Waals surface area (Å²) in [4.78, 5) is 39.8. The maximum absolute atomic E-state index is 12.7. The van der Waals surface area contributed by atoms with Gasteiger partial charge in [0, 0.05) is 5.56 Å². The molecule has 1 aromatic carbocycles. The number of rotatable bonds is 3. The van der Waals surface area contributed by atoms with Crippen molar-refractivity contribution in [3.05, 3.63) is 29.8 Å². The van der Waals surface area contributed by atoms with Crippen molar-refractivity contribution in [2.75, 3.05) is 18.0 Å². The Morgan fingerprint density at radius 3 is 2.26 bits per heavy atom. The van der Waals surface area contributed by atoms with Crippen molar-refractivity contribution in [1.82, 2.24) is 4.90 Å². The second-order valence-electron chi connectivity index (χ2n) is 6.61. The molecule has 0 saturated carbocycles. The summed E-state index contributed by atoms with van der Waals surface area (Å²) < 4.78 is 0. The highest BCUT2D eigenvalue weighted by Crippen LogP contribution is 2.28. The van der Waals surface area contributed by atoms with Crippen LogP contribution < -0.4 is 4.90 Å². The number of imide groups is 1. The Hall–Kier alpha value is -2.01. The minimum atomic E-state index is -0.331. The van der Waals surface area contributed by atoms with Crippen LogP contribution >= 0.6 is 0 Å². The van der Waals surface area contributed by atoms with E-state index in [0.29, 0.717) is 17.2 Å². The molecular weight excluding hydrogens is 292 g/mol. The van der Waals surface area contributed by atoms with Gasteiger partial charge in [-0.1, -0.05) is 6.92 Å². The lowest BCUT2D eigenvalue weighted by Gasteiger charge is -2.33. The second-order valence-corrected chi connectivity index (χ2v) is 6.61. The van der Waals surface area contributed by atoms with Crippen molar-refractivity contribution in [2.24, 2.45) is 5.92 Å². The third-order valence-electron chi connectivity index (χ3n) is 4.91. The van der Waals surface area contributed by atoms with Gasteiger partial charge in [-0.3, -0.25) is 19.3 Å². The van der Waals surface area contributed by atoms with E-state index in [1.807, 2.05) is 0 Å². The first-order valence-electron chi connectivity index (χ1n) is 8.19. The van der Waals surface area contributed by atoms with E-state index in [-0.39, 0.29) is 30.1 Å². The quantitative estimate of drug-likeness (QED) is 0.634. The molecule has 23 heavy (non-hydrogen) atoms. The number of anilines is 1. The molecule has 0 aromatic heterocycles. The van der Waals surface area contributed by atoms with E-state index >= 15 is 0 Å². The zero-order valence-electron chi connectivity index (χ0n) is 13.6. The topological polar surface area (TPSA) is 57.7 Å². The average Bonchev–Trinajstić information content (AvgIpc) is 2.83. The highest BCUT2D eigenvalue weighted by Gasteiger charge is 2.43. The van der Waals surface area contributed by atoms with Crippen LogP contribution in [0, 0.1) is 5.92 Å². The summed E-state index contributed by atoms with van der Waals surface area (Å²) in [6.07, 6.45) is 2.40. The van der Waals surface area contributed by atoms with Crippen LogP contribution in [0.15, 0.2) is 24.3 Å². The molecule has 2 aliphatic rings. The lowest BCUT2D eigenvalue weighted by molar-refractivity contribution is -0.123. The monoisotopic (exact) mass is 314 g/mol. The predicted molar refractivity (Wildman–Crippen MR) is 87.3 cm³/mol. The van der Waals surface area contributed by atoms with Crippen LogP contribution in [0.5, 0.6) is 0 Å². The van der Waals surface area contributed by atoms with Crippen LogP contribution in [0.1, 0.15) is 43.5 Å². The first kappa shape index (κ1) is 15.9. The molecule has 5 heteroatoms. The number of benzene rings is 1. The van der Waals surface area contributed by atoms with Crippen LogP contribution in [-0.4, -0.2) is 41.6 Å². The molecule has 1 atom stereocenters. The lowest BCUT2D eigenvalue weighted by Crippen LogP contribution is -2.45. The van der Waals surface area contributed by atoms with E-state index in [1.54, 1.807) is 24.3 Å². The van der Waals surface area contributed by atoms with Gasteiger partial charge in [0.2, 0.25) is 5.91 Å². The Morgan fingerprint density at radius 1 is 1.09 bits per heavy atom. The molecule has 2 saturated heterocycles. The number of ketones is 1. The van der Waals surface area contributed by atoms with Crippen LogP contribution in [0.25, 0.3) is 0 Å². The van der Waals surface area contributed by atoms with E-state index in [2.05, 4.69) is 11.8 Å². The normalized spacial score (nSPS) is 23.6. The second kappa shape index (κ2) is 6.24. The number of carbonyl (C=O) groups excluding carboxylic acids is 3. The number of likely N-dealkylation sites (tertiary alicyclic amines) is 1. The summed E-state index contributed by atoms with van der Waals surface area (Å²) in [6, 6.07) is 6.34. The number of piperidine rings is 1. The summed E-state index contributed by atoms with van der Waals surface area (Å²) in [5.41, 5.74) is 1.13. The van der Waals surface area contributed by atoms with Gasteiger partial charge in [0.15, 0.2) is 5.78 Å². The fourth-order valence-electron chi connectivity index (χ4n) is 3.36. The molecule has 122 valence electrons. The fraction of sp³-hybridized carbons (Fsp3) is 0.500. The smallest absolute Gasteiger partial charge is 0.251 e. The van der Waals surface area contributed by atoms with Crippen molar-refractivity contribution in [3.63, 3.8) is 0 Å². The Labute approximate surface area is 136 Å². The highest BCUT2D eigenvalue weighted by molar-refractivity contribution is 6.22. The van der Waals surface area contributed by atoms with Crippen molar-refractivity contribution in [1.29, 1.82) is 0 Å². The Morgan fingerprint density at radius 2 is 1.70 bits per heavy atom. The van der Waals surface area contributed by atoms with E-state index < -0.39 is 0 Å². The minimum Gasteiger partial charge on any atom is -0.295 e. The summed E-state index contributed by atoms with van der Waals surface area (Å²) in [5.74, 6) is 0.360. The van der Waals surface area contributed by atoms with Crippen LogP contribution in [-0.2, 0) is 9.59 Å². The molecule has 0 radical (unpaired) electrons. The molecule has 0 N–H and O–H groups in total. The molecule has 5 nitrogen and oxygen atoms in total. The third kappa shape index (κ3) is 3.06. The number of nitrogens with zero attached hydrogens (tertiary/aromatic N) is 2. The number of hydrogen-bond acceptors (Lipinski definition) is 4. The summed E-state index contributed by atoms with van der Waals surface area (Å²) in [5, 5.41) is 0. The van der Waals surface area contributed by atoms with Gasteiger partial charge in [0.1, 0.15) is 0 Å². The summed E-state index contributed by atoms with van der Waals surface area (Å²) in [7, 11) is 0. The zero-order valence-corrected chi connectivity index (χ0v) is 13.6. The number of carbonyl (C=O) groups is 3. The van der Waals surface area contributed by atoms with E-state index in [9.17, 15) is 14.4 Å². The van der Waals surface area contributed by atoms with Gasteiger partial charge < -0.3 is 0 Å². The largest absolute Gasteiger partial charge is 0.295 e. The van der Waals surface area contributed by atoms with E-state index in [0.717, 1.165) is 25.9 Å². The molecule has 3 rings (SSSR count). The molecular formula is C18H22N2O3. The minimum absolute atomic E-state index is 0.0315. The van der Waals surface area contributed by atoms with E-state index in [4.69, 9.17) is 0 Å². The maximum Gasteiger partial charge on any atom is 0.251 e. The third-order valence-corrected chi connectivity index (χ3v) is 4.91. The molecule has 2 amide bonds. The Bertz CT molecular complexity index is 630. The molecule has 1 unspecified atom stereocenters. The first-order chi connectivity index (χ1) is 11.0. The molecule has 0 spiro atoms. The van der Waals surface area contributed by atoms with E-state index in [1.165, 1.54) is 11.8 Å². The molecule has 1 aromatic rings. The zero-order chi connectivity index (χ0) is 16.6. The molecule has 0 bridgehead atoms. The Kier molecular flexibility index (Phi) is 4.31. The summed E-state index contributed by atoms with van der Waals surface area (Å²) in [6.45, 7) is 5.47. The molecule has 0 aliphatic carbocycles. The van der Waals surface area contributed by atoms with Gasteiger partial charge in [-0.2, -0.15) is 0 Å². The number of amides is 2. The Balaban J connectivity index is 1.77. The van der Waals surface area contributed by atoms with Crippen LogP contribution in [0.3, 0.4) is 0 Å². The van der Waals surface area contributed by atoms with Gasteiger partial charge >= 0.3 is 0 Å². The first-order valence-corrected chi connectivity index (χ1v) is 8.19. The lowest BCUT2D eigenvalue weighted by atomic mass is 9.97. The standard InChI is InChI=1S/C18H22N2O3/c1-12-7-9-19(10-8-12)16-11-17(22)20(18(16)23)15-5-3-14(4-6-15)13(2)21/h3-6,12,16H,7-11H2,1-2H3. The van der Waals surface area contributed by atoms with Gasteiger partial charge in [0.05, 0.1) is 18.2 Å².